The van der Waals surface area contributed by atoms with E-state index in [1.165, 1.54) is 142 Å². The Balaban J connectivity index is 1.39. The minimum absolute atomic E-state index is 0.124. The average molecular weight is 1360 g/mol. The molecule has 4 aliphatic rings. The van der Waals surface area contributed by atoms with Crippen molar-refractivity contribution < 1.29 is 119 Å². The van der Waals surface area contributed by atoms with Crippen LogP contribution in [-0.2, 0) is 47.5 Å². The first-order valence-electron chi connectivity index (χ1n) is 36.3. The third-order valence-electron chi connectivity index (χ3n) is 19.1. The Morgan fingerprint density at radius 3 is 1.29 bits per heavy atom. The molecule has 4 aliphatic heterocycles. The standard InChI is InChI=1S/C68H128N2O24/c1-5-7-9-11-13-15-17-19-20-21-22-23-24-26-28-30-32-34-36-38-47(75)64(86)70-45(53(77)46(74)37-35-33-31-29-27-25-18-16-14-12-10-8-6-2)41-87-68-63(59(83)54(78)48(39-71)91-68)94-67-61(85)58(82)55(79)50(92-67)42-88-65-51(69-44(4)73)62(56(80)49(40-72)90-65)93-66-60(84)57(81)52(76)43(3)89-66/h43,45-63,65-68,71-72,74-85H,5-42H2,1-4H3,(H,69,73)(H,70,86)/t43-,45-,46+,47+,48+,49+,50+,51+,52-,53-,54-,55-,56-,57+,58-,59-,60+,61+,62+,63+,65+,66-,67+,68-/m0/s1. The van der Waals surface area contributed by atoms with E-state index in [4.69, 9.17) is 37.9 Å². The number of carbonyl (C=O) groups excluding carboxylic acids is 2. The molecule has 4 rings (SSSR count). The van der Waals surface area contributed by atoms with Crippen molar-refractivity contribution in [2.24, 2.45) is 0 Å². The van der Waals surface area contributed by atoms with E-state index in [1.54, 1.807) is 0 Å². The van der Waals surface area contributed by atoms with Gasteiger partial charge < -0.3 is 120 Å². The number of hydrogen-bond acceptors (Lipinski definition) is 24. The Morgan fingerprint density at radius 2 is 0.819 bits per heavy atom. The average Bonchev–Trinajstić information content (AvgIpc) is 0.800. The van der Waals surface area contributed by atoms with Gasteiger partial charge in [-0.3, -0.25) is 9.59 Å². The summed E-state index contributed by atoms with van der Waals surface area (Å²) in [5, 5.41) is 159. The molecule has 0 aliphatic carbocycles. The molecule has 554 valence electrons. The van der Waals surface area contributed by atoms with Crippen LogP contribution in [0.1, 0.15) is 246 Å². The lowest BCUT2D eigenvalue weighted by Crippen LogP contribution is -2.68. The lowest BCUT2D eigenvalue weighted by molar-refractivity contribution is -0.373. The maximum Gasteiger partial charge on any atom is 0.249 e. The number of aliphatic hydroxyl groups excluding tert-OH is 14. The minimum atomic E-state index is -2.10. The third-order valence-corrected chi connectivity index (χ3v) is 19.1. The highest BCUT2D eigenvalue weighted by Gasteiger charge is 2.54. The molecular formula is C68H128N2O24. The van der Waals surface area contributed by atoms with Gasteiger partial charge in [0.15, 0.2) is 25.2 Å². The molecule has 0 aromatic rings. The summed E-state index contributed by atoms with van der Waals surface area (Å²) in [5.74, 6) is -1.55. The maximum atomic E-state index is 13.7. The van der Waals surface area contributed by atoms with Crippen LogP contribution < -0.4 is 10.6 Å². The van der Waals surface area contributed by atoms with Crippen LogP contribution in [0.5, 0.6) is 0 Å². The molecular weight excluding hydrogens is 1230 g/mol. The summed E-state index contributed by atoms with van der Waals surface area (Å²) < 4.78 is 47.2. The molecule has 4 saturated heterocycles. The summed E-state index contributed by atoms with van der Waals surface area (Å²) >= 11 is 0. The van der Waals surface area contributed by atoms with E-state index in [9.17, 15) is 81.1 Å². The van der Waals surface area contributed by atoms with E-state index in [2.05, 4.69) is 24.5 Å². The zero-order valence-electron chi connectivity index (χ0n) is 57.1. The predicted octanol–water partition coefficient (Wildman–Crippen LogP) is 3.32. The number of aliphatic hydroxyl groups is 14. The van der Waals surface area contributed by atoms with Gasteiger partial charge in [0.05, 0.1) is 44.7 Å². The number of hydrogen-bond donors (Lipinski definition) is 16. The van der Waals surface area contributed by atoms with Crippen molar-refractivity contribution in [3.8, 4) is 0 Å². The quantitative estimate of drug-likeness (QED) is 0.0388. The van der Waals surface area contributed by atoms with Crippen LogP contribution in [0.4, 0.5) is 0 Å². The van der Waals surface area contributed by atoms with E-state index in [0.29, 0.717) is 12.8 Å². The topological polar surface area (TPSA) is 415 Å². The van der Waals surface area contributed by atoms with Crippen LogP contribution in [0.2, 0.25) is 0 Å². The van der Waals surface area contributed by atoms with E-state index in [0.717, 1.165) is 64.7 Å². The normalized spacial score (nSPS) is 32.8. The first-order chi connectivity index (χ1) is 45.2. The van der Waals surface area contributed by atoms with Crippen molar-refractivity contribution in [1.82, 2.24) is 10.6 Å². The Labute approximate surface area is 559 Å². The fraction of sp³-hybridized carbons (Fsp3) is 0.971. The fourth-order valence-electron chi connectivity index (χ4n) is 12.9. The predicted molar refractivity (Wildman–Crippen MR) is 346 cm³/mol. The van der Waals surface area contributed by atoms with Crippen LogP contribution in [0, 0.1) is 0 Å². The molecule has 0 spiro atoms. The van der Waals surface area contributed by atoms with E-state index >= 15 is 0 Å². The molecule has 26 heteroatoms. The van der Waals surface area contributed by atoms with Crippen molar-refractivity contribution in [2.75, 3.05) is 26.4 Å². The largest absolute Gasteiger partial charge is 0.394 e. The maximum absolute atomic E-state index is 13.7. The van der Waals surface area contributed by atoms with Gasteiger partial charge >= 0.3 is 0 Å². The van der Waals surface area contributed by atoms with Crippen LogP contribution in [-0.4, -0.2) is 257 Å². The highest BCUT2D eigenvalue weighted by molar-refractivity contribution is 5.80. The Bertz CT molecular complexity index is 1940. The van der Waals surface area contributed by atoms with Gasteiger partial charge in [-0.1, -0.05) is 219 Å². The van der Waals surface area contributed by atoms with Gasteiger partial charge in [-0.05, 0) is 19.8 Å². The molecule has 94 heavy (non-hydrogen) atoms. The van der Waals surface area contributed by atoms with Gasteiger partial charge in [0.1, 0.15) is 104 Å². The molecule has 26 nitrogen and oxygen atoms in total. The molecule has 2 amide bonds. The van der Waals surface area contributed by atoms with Crippen LogP contribution >= 0.6 is 0 Å². The van der Waals surface area contributed by atoms with Gasteiger partial charge in [-0.25, -0.2) is 0 Å². The molecule has 0 bridgehead atoms. The Hall–Kier alpha value is -1.94. The molecule has 4 fully saturated rings. The van der Waals surface area contributed by atoms with Crippen molar-refractivity contribution in [1.29, 1.82) is 0 Å². The number of nitrogens with one attached hydrogen (secondary N) is 2. The zero-order chi connectivity index (χ0) is 69.0. The molecule has 4 heterocycles. The van der Waals surface area contributed by atoms with E-state index in [1.807, 2.05) is 0 Å². The van der Waals surface area contributed by atoms with Gasteiger partial charge in [-0.2, -0.15) is 0 Å². The smallest absolute Gasteiger partial charge is 0.249 e. The highest BCUT2D eigenvalue weighted by Crippen LogP contribution is 2.34. The van der Waals surface area contributed by atoms with E-state index < -0.39 is 185 Å². The van der Waals surface area contributed by atoms with Gasteiger partial charge in [0.25, 0.3) is 0 Å². The van der Waals surface area contributed by atoms with Crippen molar-refractivity contribution >= 4 is 11.8 Å². The zero-order valence-corrected chi connectivity index (χ0v) is 57.1. The van der Waals surface area contributed by atoms with Gasteiger partial charge in [-0.15, -0.1) is 0 Å². The summed E-state index contributed by atoms with van der Waals surface area (Å²) in [7, 11) is 0. The molecule has 0 unspecified atom stereocenters. The van der Waals surface area contributed by atoms with Crippen molar-refractivity contribution in [2.45, 2.75) is 393 Å². The lowest BCUT2D eigenvalue weighted by Gasteiger charge is -2.48. The van der Waals surface area contributed by atoms with Crippen molar-refractivity contribution in [3.05, 3.63) is 0 Å². The second kappa shape index (κ2) is 48.0. The SMILES string of the molecule is CCCCCCCCCCCCCCCCCCCCC[C@@H](O)C(=O)N[C@@H](CO[C@H]1O[C@H](CO)[C@H](O)[C@H](O)[C@H]1O[C@H]1O[C@H](CO[C@@H]2O[C@H](CO)[C@H](O)[C@H](O[C@@H]3O[C@@H](C)[C@H](O)[C@@H](O)[C@H]3O)[C@H]2NC(C)=O)[C@H](O)[C@H](O)[C@H]1O)[C@H](O)[C@H](O)CCCCCCCCCCCCCCC. The molecule has 0 radical (unpaired) electrons. The van der Waals surface area contributed by atoms with Crippen LogP contribution in [0.15, 0.2) is 0 Å². The fourth-order valence-corrected chi connectivity index (χ4v) is 12.9. The number of rotatable bonds is 51. The van der Waals surface area contributed by atoms with Crippen molar-refractivity contribution in [3.63, 3.8) is 0 Å². The second-order valence-corrected chi connectivity index (χ2v) is 27.1. The number of unbranched alkanes of at least 4 members (excludes halogenated alkanes) is 30. The Morgan fingerprint density at radius 1 is 0.426 bits per heavy atom. The summed E-state index contributed by atoms with van der Waals surface area (Å²) in [5.41, 5.74) is 0. The first-order valence-corrected chi connectivity index (χ1v) is 36.3. The summed E-state index contributed by atoms with van der Waals surface area (Å²) in [6.07, 6.45) is -0.550. The molecule has 0 saturated carbocycles. The number of carbonyl (C=O) groups is 2. The number of ether oxygens (including phenoxy) is 8. The second-order valence-electron chi connectivity index (χ2n) is 27.1. The van der Waals surface area contributed by atoms with Gasteiger partial charge in [0.2, 0.25) is 11.8 Å². The third kappa shape index (κ3) is 29.3. The molecule has 16 N–H and O–H groups in total. The summed E-state index contributed by atoms with van der Waals surface area (Å²) in [4.78, 5) is 26.3. The Kier molecular flexibility index (Phi) is 43.1. The monoisotopic (exact) mass is 1360 g/mol. The first kappa shape index (κ1) is 84.5. The molecule has 0 aromatic heterocycles. The van der Waals surface area contributed by atoms with Crippen LogP contribution in [0.3, 0.4) is 0 Å². The van der Waals surface area contributed by atoms with Crippen LogP contribution in [0.25, 0.3) is 0 Å². The summed E-state index contributed by atoms with van der Waals surface area (Å²) in [6.45, 7) is 3.79. The summed E-state index contributed by atoms with van der Waals surface area (Å²) in [6, 6.07) is -2.93. The van der Waals surface area contributed by atoms with Gasteiger partial charge in [0, 0.05) is 6.92 Å². The molecule has 24 atom stereocenters. The van der Waals surface area contributed by atoms with E-state index in [-0.39, 0.29) is 12.8 Å². The number of amides is 2. The minimum Gasteiger partial charge on any atom is -0.394 e. The molecule has 0 aromatic carbocycles. The lowest BCUT2D eigenvalue weighted by atomic mass is 9.95. The highest BCUT2D eigenvalue weighted by atomic mass is 16.8.